The van der Waals surface area contributed by atoms with Crippen LogP contribution in [0.4, 0.5) is 0 Å². The predicted octanol–water partition coefficient (Wildman–Crippen LogP) is 3.50. The van der Waals surface area contributed by atoms with Gasteiger partial charge in [0.2, 0.25) is 0 Å². The van der Waals surface area contributed by atoms with E-state index in [1.165, 1.54) is 0 Å². The van der Waals surface area contributed by atoms with Crippen LogP contribution in [0.3, 0.4) is 0 Å². The van der Waals surface area contributed by atoms with E-state index in [1.807, 2.05) is 30.3 Å². The minimum absolute atomic E-state index is 0.449. The standard InChI is InChI=1S/C17H15ClN4O2/c1-23-15-9-12(8-14(18)16(15)24-2)10-20-22-11-19-21-17(22)13-6-4-3-5-7-13/h3-11H,1-2H3/b20-10-. The van der Waals surface area contributed by atoms with E-state index in [0.29, 0.717) is 22.3 Å². The summed E-state index contributed by atoms with van der Waals surface area (Å²) in [5.41, 5.74) is 1.70. The maximum absolute atomic E-state index is 6.20. The van der Waals surface area contributed by atoms with Crippen molar-refractivity contribution in [1.82, 2.24) is 14.9 Å². The van der Waals surface area contributed by atoms with Gasteiger partial charge in [0.25, 0.3) is 0 Å². The first kappa shape index (κ1) is 16.0. The summed E-state index contributed by atoms with van der Waals surface area (Å²) in [4.78, 5) is 0. The van der Waals surface area contributed by atoms with Gasteiger partial charge in [0.05, 0.1) is 25.5 Å². The van der Waals surface area contributed by atoms with Crippen molar-refractivity contribution < 1.29 is 9.47 Å². The van der Waals surface area contributed by atoms with Crippen molar-refractivity contribution in [3.8, 4) is 22.9 Å². The molecule has 3 rings (SSSR count). The summed E-state index contributed by atoms with van der Waals surface area (Å²) in [6.07, 6.45) is 3.20. The fourth-order valence-corrected chi connectivity index (χ4v) is 2.53. The first-order valence-electron chi connectivity index (χ1n) is 7.14. The second-order valence-corrected chi connectivity index (χ2v) is 5.26. The zero-order chi connectivity index (χ0) is 16.9. The molecule has 0 saturated carbocycles. The maximum atomic E-state index is 6.20. The molecular weight excluding hydrogens is 328 g/mol. The van der Waals surface area contributed by atoms with Crippen molar-refractivity contribution in [3.05, 3.63) is 59.4 Å². The van der Waals surface area contributed by atoms with Gasteiger partial charge in [-0.25, -0.2) is 0 Å². The summed E-state index contributed by atoms with van der Waals surface area (Å²) in [6, 6.07) is 13.3. The van der Waals surface area contributed by atoms with E-state index in [2.05, 4.69) is 15.3 Å². The smallest absolute Gasteiger partial charge is 0.184 e. The van der Waals surface area contributed by atoms with Crippen molar-refractivity contribution in [3.63, 3.8) is 0 Å². The molecule has 1 aromatic heterocycles. The van der Waals surface area contributed by atoms with E-state index in [0.717, 1.165) is 11.1 Å². The molecule has 0 fully saturated rings. The highest BCUT2D eigenvalue weighted by atomic mass is 35.5. The van der Waals surface area contributed by atoms with Gasteiger partial charge in [0, 0.05) is 5.56 Å². The van der Waals surface area contributed by atoms with Gasteiger partial charge in [-0.3, -0.25) is 0 Å². The third-order valence-corrected chi connectivity index (χ3v) is 3.63. The number of hydrogen-bond donors (Lipinski definition) is 0. The van der Waals surface area contributed by atoms with Crippen LogP contribution >= 0.6 is 11.6 Å². The Kier molecular flexibility index (Phi) is 4.77. The molecule has 0 bridgehead atoms. The largest absolute Gasteiger partial charge is 0.493 e. The molecular formula is C17H15ClN4O2. The highest BCUT2D eigenvalue weighted by Crippen LogP contribution is 2.35. The van der Waals surface area contributed by atoms with Crippen LogP contribution in [0.25, 0.3) is 11.4 Å². The second kappa shape index (κ2) is 7.14. The van der Waals surface area contributed by atoms with Crippen LogP contribution in [0.5, 0.6) is 11.5 Å². The van der Waals surface area contributed by atoms with Gasteiger partial charge >= 0.3 is 0 Å². The molecule has 0 unspecified atom stereocenters. The minimum Gasteiger partial charge on any atom is -0.493 e. The molecule has 0 aliphatic heterocycles. The first-order chi connectivity index (χ1) is 11.7. The van der Waals surface area contributed by atoms with Gasteiger partial charge in [-0.05, 0) is 17.7 Å². The molecule has 1 heterocycles. The lowest BCUT2D eigenvalue weighted by Crippen LogP contribution is -1.96. The van der Waals surface area contributed by atoms with Crippen LogP contribution < -0.4 is 9.47 Å². The molecule has 6 nitrogen and oxygen atoms in total. The average molecular weight is 343 g/mol. The molecule has 0 amide bonds. The molecule has 24 heavy (non-hydrogen) atoms. The zero-order valence-corrected chi connectivity index (χ0v) is 13.9. The van der Waals surface area contributed by atoms with E-state index >= 15 is 0 Å². The Labute approximate surface area is 144 Å². The van der Waals surface area contributed by atoms with Crippen LogP contribution in [0.1, 0.15) is 5.56 Å². The molecule has 3 aromatic rings. The molecule has 0 atom stereocenters. The molecule has 2 aromatic carbocycles. The van der Waals surface area contributed by atoms with Crippen molar-refractivity contribution >= 4 is 17.8 Å². The molecule has 0 saturated heterocycles. The Morgan fingerprint density at radius 1 is 1.12 bits per heavy atom. The van der Waals surface area contributed by atoms with E-state index in [-0.39, 0.29) is 0 Å². The zero-order valence-electron chi connectivity index (χ0n) is 13.2. The van der Waals surface area contributed by atoms with E-state index in [9.17, 15) is 0 Å². The van der Waals surface area contributed by atoms with Gasteiger partial charge in [0.15, 0.2) is 17.3 Å². The third kappa shape index (κ3) is 3.23. The number of benzene rings is 2. The number of rotatable bonds is 5. The second-order valence-electron chi connectivity index (χ2n) is 4.85. The van der Waals surface area contributed by atoms with Crippen LogP contribution in [0, 0.1) is 0 Å². The van der Waals surface area contributed by atoms with Crippen LogP contribution in [-0.2, 0) is 0 Å². The van der Waals surface area contributed by atoms with Crippen LogP contribution in [-0.4, -0.2) is 35.3 Å². The topological polar surface area (TPSA) is 61.5 Å². The van der Waals surface area contributed by atoms with E-state index in [4.69, 9.17) is 21.1 Å². The van der Waals surface area contributed by atoms with Gasteiger partial charge < -0.3 is 9.47 Å². The average Bonchev–Trinajstić information content (AvgIpc) is 3.08. The van der Waals surface area contributed by atoms with Gasteiger partial charge in [0.1, 0.15) is 6.33 Å². The summed E-state index contributed by atoms with van der Waals surface area (Å²) in [6.45, 7) is 0. The number of halogens is 1. The Morgan fingerprint density at radius 3 is 2.62 bits per heavy atom. The molecule has 0 radical (unpaired) electrons. The molecule has 0 aliphatic carbocycles. The highest BCUT2D eigenvalue weighted by Gasteiger charge is 2.10. The number of aromatic nitrogens is 3. The quantitative estimate of drug-likeness (QED) is 0.666. The lowest BCUT2D eigenvalue weighted by atomic mass is 10.2. The van der Waals surface area contributed by atoms with E-state index in [1.54, 1.807) is 43.6 Å². The Morgan fingerprint density at radius 2 is 1.92 bits per heavy atom. The summed E-state index contributed by atoms with van der Waals surface area (Å²) >= 11 is 6.20. The molecule has 0 N–H and O–H groups in total. The Bertz CT molecular complexity index is 862. The number of methoxy groups -OCH3 is 2. The number of hydrogen-bond acceptors (Lipinski definition) is 5. The first-order valence-corrected chi connectivity index (χ1v) is 7.52. The van der Waals surface area contributed by atoms with Crippen molar-refractivity contribution in [1.29, 1.82) is 0 Å². The monoisotopic (exact) mass is 342 g/mol. The van der Waals surface area contributed by atoms with Crippen molar-refractivity contribution in [2.24, 2.45) is 5.10 Å². The fourth-order valence-electron chi connectivity index (χ4n) is 2.23. The van der Waals surface area contributed by atoms with Crippen LogP contribution in [0.2, 0.25) is 5.02 Å². The Balaban J connectivity index is 1.93. The van der Waals surface area contributed by atoms with Crippen LogP contribution in [0.15, 0.2) is 53.9 Å². The highest BCUT2D eigenvalue weighted by molar-refractivity contribution is 6.32. The molecule has 0 aliphatic rings. The third-order valence-electron chi connectivity index (χ3n) is 3.35. The summed E-state index contributed by atoms with van der Waals surface area (Å²) in [5.74, 6) is 1.68. The molecule has 122 valence electrons. The molecule has 7 heteroatoms. The van der Waals surface area contributed by atoms with Gasteiger partial charge in [-0.1, -0.05) is 41.9 Å². The van der Waals surface area contributed by atoms with Gasteiger partial charge in [-0.15, -0.1) is 10.2 Å². The number of ether oxygens (including phenoxy) is 2. The van der Waals surface area contributed by atoms with E-state index < -0.39 is 0 Å². The normalized spacial score (nSPS) is 11.0. The summed E-state index contributed by atoms with van der Waals surface area (Å²) in [7, 11) is 3.10. The predicted molar refractivity (Wildman–Crippen MR) is 93.0 cm³/mol. The fraction of sp³-hybridized carbons (Fsp3) is 0.118. The maximum Gasteiger partial charge on any atom is 0.184 e. The van der Waals surface area contributed by atoms with Gasteiger partial charge in [-0.2, -0.15) is 9.78 Å². The molecule has 0 spiro atoms. The lowest BCUT2D eigenvalue weighted by Gasteiger charge is -2.10. The van der Waals surface area contributed by atoms with Crippen molar-refractivity contribution in [2.45, 2.75) is 0 Å². The Hall–Kier alpha value is -2.86. The lowest BCUT2D eigenvalue weighted by molar-refractivity contribution is 0.355. The SMILES string of the molecule is COc1cc(/C=N\n2cnnc2-c2ccccc2)cc(Cl)c1OC. The summed E-state index contributed by atoms with van der Waals surface area (Å²) < 4.78 is 12.1. The van der Waals surface area contributed by atoms with Crippen molar-refractivity contribution in [2.75, 3.05) is 14.2 Å². The minimum atomic E-state index is 0.449. The number of nitrogens with zero attached hydrogens (tertiary/aromatic N) is 4. The summed E-state index contributed by atoms with van der Waals surface area (Å²) in [5, 5.41) is 12.9.